The fourth-order valence-electron chi connectivity index (χ4n) is 6.80. The van der Waals surface area contributed by atoms with Crippen LogP contribution in [-0.2, 0) is 0 Å². The van der Waals surface area contributed by atoms with Crippen LogP contribution >= 0.6 is 0 Å². The van der Waals surface area contributed by atoms with Gasteiger partial charge in [-0.25, -0.2) is 0 Å². The molecule has 0 fully saturated rings. The molecule has 0 heterocycles. The van der Waals surface area contributed by atoms with Gasteiger partial charge < -0.3 is 39.6 Å². The van der Waals surface area contributed by atoms with Crippen molar-refractivity contribution < 1.29 is 39.6 Å². The summed E-state index contributed by atoms with van der Waals surface area (Å²) in [5, 5.41) is 43.3. The first kappa shape index (κ1) is 52.7. The first-order valence-corrected chi connectivity index (χ1v) is 19.9. The van der Waals surface area contributed by atoms with E-state index in [-0.39, 0.29) is 51.0 Å². The van der Waals surface area contributed by atoms with Crippen molar-refractivity contribution in [2.45, 2.75) is 130 Å². The number of carbonyl (C=O) groups excluding carboxylic acids is 4. The van der Waals surface area contributed by atoms with Crippen LogP contribution in [0, 0.1) is 0 Å². The van der Waals surface area contributed by atoms with E-state index in [0.29, 0.717) is 22.3 Å². The molecule has 4 aromatic carbocycles. The Hall–Kier alpha value is -4.32. The number of rotatable bonds is 16. The van der Waals surface area contributed by atoms with Gasteiger partial charge in [-0.2, -0.15) is 0 Å². The summed E-state index contributed by atoms with van der Waals surface area (Å²) in [7, 11) is 0. The van der Waals surface area contributed by atoms with Gasteiger partial charge in [0, 0.05) is 49.6 Å². The molecule has 0 aliphatic rings. The zero-order valence-corrected chi connectivity index (χ0v) is 38.9. The summed E-state index contributed by atoms with van der Waals surface area (Å²) in [5.41, 5.74) is 4.84. The molecule has 4 atom stereocenters. The van der Waals surface area contributed by atoms with Gasteiger partial charge in [-0.15, -0.1) is 0 Å². The van der Waals surface area contributed by atoms with Crippen LogP contribution in [0.3, 0.4) is 0 Å². The summed E-state index contributed by atoms with van der Waals surface area (Å²) < 4.78 is 0. The number of hydrogen-bond donors (Lipinski definition) is 0. The van der Waals surface area contributed by atoms with E-state index in [9.17, 15) is 39.6 Å². The topological polar surface area (TPSA) is 161 Å². The summed E-state index contributed by atoms with van der Waals surface area (Å²) in [5.74, 6) is -3.18. The molecular weight excluding hydrogens is 912 g/mol. The minimum Gasteiger partial charge on any atom is -0.545 e. The van der Waals surface area contributed by atoms with Gasteiger partial charge in [0.15, 0.2) is 0 Å². The van der Waals surface area contributed by atoms with Crippen molar-refractivity contribution in [3.05, 3.63) is 142 Å². The molecule has 0 amide bonds. The van der Waals surface area contributed by atoms with Gasteiger partial charge in [0.2, 0.25) is 0 Å². The smallest absolute Gasteiger partial charge is 0.0718 e. The Kier molecular flexibility index (Phi) is 26.8. The number of hydrogen-bond acceptors (Lipinski definition) is 8. The third kappa shape index (κ3) is 18.2. The molecule has 4 radical (unpaired) electrons. The minimum atomic E-state index is -1.08. The Morgan fingerprint density at radius 1 is 0.368 bits per heavy atom. The number of aromatic carboxylic acids is 4. The maximum absolute atomic E-state index is 10.8. The van der Waals surface area contributed by atoms with Crippen molar-refractivity contribution in [2.24, 2.45) is 0 Å². The first-order chi connectivity index (χ1) is 26.7. The Bertz CT molecular complexity index is 1540. The van der Waals surface area contributed by atoms with Crippen LogP contribution < -0.4 is 20.4 Å². The maximum Gasteiger partial charge on any atom is 0.0718 e. The second-order valence-electron chi connectivity index (χ2n) is 14.3. The van der Waals surface area contributed by atoms with E-state index in [4.69, 9.17) is 0 Å². The first-order valence-electron chi connectivity index (χ1n) is 19.9. The predicted molar refractivity (Wildman–Crippen MR) is 222 cm³/mol. The van der Waals surface area contributed by atoms with Crippen LogP contribution in [0.2, 0.25) is 0 Å². The molecule has 0 bridgehead atoms. The third-order valence-electron chi connectivity index (χ3n) is 9.73. The molecule has 0 aliphatic heterocycles. The van der Waals surface area contributed by atoms with E-state index >= 15 is 0 Å². The Labute approximate surface area is 360 Å². The van der Waals surface area contributed by atoms with E-state index in [2.05, 4.69) is 27.7 Å². The van der Waals surface area contributed by atoms with Crippen molar-refractivity contribution in [3.8, 4) is 0 Å². The van der Waals surface area contributed by atoms with Gasteiger partial charge in [0.05, 0.1) is 23.9 Å². The fraction of sp³-hybridized carbons (Fsp3) is 0.417. The average Bonchev–Trinajstić information content (AvgIpc) is 3.19. The van der Waals surface area contributed by atoms with Crippen molar-refractivity contribution in [3.63, 3.8) is 0 Å². The molecule has 8 nitrogen and oxygen atoms in total. The zero-order valence-electron chi connectivity index (χ0n) is 35.0. The summed E-state index contributed by atoms with van der Waals surface area (Å²) in [6, 6.07) is 28.3. The van der Waals surface area contributed by atoms with Crippen molar-refractivity contribution >= 4 is 51.2 Å². The SMILES string of the molecule is CCCC(C)c1ccccc1C(=O)[O-].CCCC(C)c1ccccc1C(=O)[O-].CCCC(C)c1ccccc1C(=O)[O-].CCCC(C)c1ccccc1C(=O)[O-].[Pb]. The van der Waals surface area contributed by atoms with Gasteiger partial charge >= 0.3 is 0 Å². The Morgan fingerprint density at radius 3 is 0.667 bits per heavy atom. The summed E-state index contributed by atoms with van der Waals surface area (Å²) in [6.07, 6.45) is 8.25. The number of carboxylic acids is 4. The van der Waals surface area contributed by atoms with Crippen LogP contribution in [-0.4, -0.2) is 51.2 Å². The molecule has 57 heavy (non-hydrogen) atoms. The van der Waals surface area contributed by atoms with Gasteiger partial charge in [-0.3, -0.25) is 0 Å². The van der Waals surface area contributed by atoms with E-state index in [1.165, 1.54) is 0 Å². The van der Waals surface area contributed by atoms with Crippen LogP contribution in [0.5, 0.6) is 0 Å². The minimum absolute atomic E-state index is 0. The molecule has 9 heteroatoms. The molecule has 0 spiro atoms. The molecule has 0 aliphatic carbocycles. The number of carbonyl (C=O) groups is 4. The molecule has 0 N–H and O–H groups in total. The van der Waals surface area contributed by atoms with Crippen LogP contribution in [0.1, 0.15) is 194 Å². The quantitative estimate of drug-likeness (QED) is 0.105. The normalized spacial score (nSPS) is 12.2. The van der Waals surface area contributed by atoms with Gasteiger partial charge in [0.1, 0.15) is 0 Å². The summed E-state index contributed by atoms with van der Waals surface area (Å²) >= 11 is 0. The summed E-state index contributed by atoms with van der Waals surface area (Å²) in [4.78, 5) is 43.3. The molecule has 0 aromatic heterocycles. The largest absolute Gasteiger partial charge is 0.545 e. The second kappa shape index (κ2) is 29.0. The van der Waals surface area contributed by atoms with Crippen LogP contribution in [0.15, 0.2) is 97.1 Å². The molecule has 4 aromatic rings. The molecule has 4 rings (SSSR count). The standard InChI is InChI=1S/4C12H16O2.Pb/c4*1-3-6-9(2)10-7-4-5-8-11(10)12(13)14;/h4*4-5,7-9H,3,6H2,1-2H3,(H,13,14);/p-4. The van der Waals surface area contributed by atoms with E-state index in [1.54, 1.807) is 48.5 Å². The maximum atomic E-state index is 10.8. The van der Waals surface area contributed by atoms with Crippen molar-refractivity contribution in [1.82, 2.24) is 0 Å². The van der Waals surface area contributed by atoms with E-state index < -0.39 is 23.9 Å². The van der Waals surface area contributed by atoms with Gasteiger partial charge in [-0.1, -0.05) is 178 Å². The molecule has 4 unspecified atom stereocenters. The predicted octanol–water partition coefficient (Wildman–Crippen LogP) is 7.43. The third-order valence-corrected chi connectivity index (χ3v) is 9.73. The van der Waals surface area contributed by atoms with Crippen molar-refractivity contribution in [1.29, 1.82) is 0 Å². The number of benzene rings is 4. The van der Waals surface area contributed by atoms with Crippen LogP contribution in [0.25, 0.3) is 0 Å². The van der Waals surface area contributed by atoms with Crippen molar-refractivity contribution in [2.75, 3.05) is 0 Å². The Balaban J connectivity index is 0.000000729. The molecule has 0 saturated carbocycles. The zero-order chi connectivity index (χ0) is 42.2. The average molecular weight is 972 g/mol. The summed E-state index contributed by atoms with van der Waals surface area (Å²) in [6.45, 7) is 16.6. The molecular formula is C48H60O8Pb-4. The second-order valence-corrected chi connectivity index (χ2v) is 14.3. The fourth-order valence-corrected chi connectivity index (χ4v) is 6.80. The number of carboxylic acid groups (broad SMARTS) is 4. The molecule has 0 saturated heterocycles. The Morgan fingerprint density at radius 2 is 0.526 bits per heavy atom. The monoisotopic (exact) mass is 972 g/mol. The molecule has 308 valence electrons. The van der Waals surface area contributed by atoms with Gasteiger partial charge in [-0.05, 0) is 71.6 Å². The van der Waals surface area contributed by atoms with E-state index in [1.807, 2.05) is 76.2 Å². The van der Waals surface area contributed by atoms with E-state index in [0.717, 1.165) is 73.6 Å². The van der Waals surface area contributed by atoms with Crippen LogP contribution in [0.4, 0.5) is 0 Å². The van der Waals surface area contributed by atoms with Gasteiger partial charge in [0.25, 0.3) is 0 Å².